The summed E-state index contributed by atoms with van der Waals surface area (Å²) < 4.78 is 5.26. The van der Waals surface area contributed by atoms with Crippen LogP contribution in [0.4, 0.5) is 0 Å². The predicted octanol–water partition coefficient (Wildman–Crippen LogP) is 1.95. The van der Waals surface area contributed by atoms with Gasteiger partial charge in [0.05, 0.1) is 19.3 Å². The molecule has 23 heavy (non-hydrogen) atoms. The van der Waals surface area contributed by atoms with Crippen molar-refractivity contribution in [2.24, 2.45) is 0 Å². The number of carbonyl (C=O) groups excluding carboxylic acids is 2. The molecule has 5 heteroatoms. The second-order valence-corrected chi connectivity index (χ2v) is 5.84. The highest BCUT2D eigenvalue weighted by Gasteiger charge is 2.25. The van der Waals surface area contributed by atoms with E-state index in [1.165, 1.54) is 0 Å². The Morgan fingerprint density at radius 1 is 1.09 bits per heavy atom. The van der Waals surface area contributed by atoms with E-state index in [4.69, 9.17) is 4.74 Å². The van der Waals surface area contributed by atoms with Crippen LogP contribution in [0.5, 0.6) is 0 Å². The Balaban J connectivity index is 1.69. The second-order valence-electron chi connectivity index (χ2n) is 5.84. The molecule has 0 N–H and O–H groups in total. The zero-order valence-corrected chi connectivity index (χ0v) is 13.4. The fraction of sp³-hybridized carbons (Fsp3) is 0.444. The van der Waals surface area contributed by atoms with E-state index in [1.807, 2.05) is 11.0 Å². The topological polar surface area (TPSA) is 49.9 Å². The van der Waals surface area contributed by atoms with Crippen LogP contribution in [0, 0.1) is 0 Å². The van der Waals surface area contributed by atoms with Gasteiger partial charge in [0.15, 0.2) is 0 Å². The monoisotopic (exact) mass is 314 g/mol. The average Bonchev–Trinajstić information content (AvgIpc) is 3.10. The highest BCUT2D eigenvalue weighted by atomic mass is 16.5. The van der Waals surface area contributed by atoms with Crippen molar-refractivity contribution in [1.82, 2.24) is 9.80 Å². The molecule has 1 fully saturated rings. The highest BCUT2D eigenvalue weighted by Crippen LogP contribution is 2.18. The molecule has 5 nitrogen and oxygen atoms in total. The molecule has 1 atom stereocenters. The van der Waals surface area contributed by atoms with Gasteiger partial charge in [-0.1, -0.05) is 19.1 Å². The number of benzene rings is 1. The molecule has 1 aromatic carbocycles. The van der Waals surface area contributed by atoms with E-state index in [0.29, 0.717) is 44.0 Å². The maximum atomic E-state index is 12.6. The van der Waals surface area contributed by atoms with Crippen molar-refractivity contribution in [3.63, 3.8) is 0 Å². The molecule has 0 saturated carbocycles. The van der Waals surface area contributed by atoms with Gasteiger partial charge in [0.25, 0.3) is 11.8 Å². The third-order valence-electron chi connectivity index (χ3n) is 4.42. The largest absolute Gasteiger partial charge is 0.378 e. The lowest BCUT2D eigenvalue weighted by Crippen LogP contribution is -2.40. The Hall–Kier alpha value is -2.14. The number of ether oxygens (including phenoxy) is 1. The molecule has 1 unspecified atom stereocenters. The summed E-state index contributed by atoms with van der Waals surface area (Å²) in [5, 5.41) is 0. The van der Waals surface area contributed by atoms with Gasteiger partial charge in [-0.15, -0.1) is 0 Å². The lowest BCUT2D eigenvalue weighted by Gasteiger charge is -2.27. The first-order valence-corrected chi connectivity index (χ1v) is 8.15. The SMILES string of the molecule is CCC1C=CCN1C(=O)c1ccc(C(=O)N2CCOCC2)cc1. The third kappa shape index (κ3) is 3.29. The fourth-order valence-corrected chi connectivity index (χ4v) is 3.03. The molecular weight excluding hydrogens is 292 g/mol. The second kappa shape index (κ2) is 6.96. The molecule has 0 bridgehead atoms. The lowest BCUT2D eigenvalue weighted by molar-refractivity contribution is 0.0303. The standard InChI is InChI=1S/C18H22N2O3/c1-2-16-4-3-9-20(16)18(22)15-7-5-14(6-8-15)17(21)19-10-12-23-13-11-19/h3-8,16H,2,9-13H2,1H3. The summed E-state index contributed by atoms with van der Waals surface area (Å²) in [5.41, 5.74) is 1.25. The van der Waals surface area contributed by atoms with E-state index >= 15 is 0 Å². The van der Waals surface area contributed by atoms with Gasteiger partial charge in [-0.05, 0) is 30.7 Å². The van der Waals surface area contributed by atoms with Crippen molar-refractivity contribution in [1.29, 1.82) is 0 Å². The van der Waals surface area contributed by atoms with Crippen molar-refractivity contribution in [2.45, 2.75) is 19.4 Å². The van der Waals surface area contributed by atoms with E-state index in [0.717, 1.165) is 6.42 Å². The number of morpholine rings is 1. The van der Waals surface area contributed by atoms with Crippen LogP contribution in [0.2, 0.25) is 0 Å². The minimum absolute atomic E-state index is 0.00146. The molecule has 2 aliphatic rings. The minimum Gasteiger partial charge on any atom is -0.378 e. The predicted molar refractivity (Wildman–Crippen MR) is 87.4 cm³/mol. The fourth-order valence-electron chi connectivity index (χ4n) is 3.03. The lowest BCUT2D eigenvalue weighted by atomic mass is 10.1. The minimum atomic E-state index is 0.00146. The maximum Gasteiger partial charge on any atom is 0.254 e. The number of hydrogen-bond acceptors (Lipinski definition) is 3. The van der Waals surface area contributed by atoms with Crippen LogP contribution in [0.3, 0.4) is 0 Å². The number of amides is 2. The summed E-state index contributed by atoms with van der Waals surface area (Å²) in [4.78, 5) is 28.6. The molecule has 3 rings (SSSR count). The first kappa shape index (κ1) is 15.7. The van der Waals surface area contributed by atoms with Crippen LogP contribution in [-0.2, 0) is 4.74 Å². The first-order valence-electron chi connectivity index (χ1n) is 8.15. The van der Waals surface area contributed by atoms with Gasteiger partial charge in [-0.2, -0.15) is 0 Å². The van der Waals surface area contributed by atoms with Gasteiger partial charge in [0, 0.05) is 30.8 Å². The highest BCUT2D eigenvalue weighted by molar-refractivity contribution is 5.98. The van der Waals surface area contributed by atoms with Crippen LogP contribution in [0.15, 0.2) is 36.4 Å². The number of rotatable bonds is 3. The molecule has 0 radical (unpaired) electrons. The average molecular weight is 314 g/mol. The first-order chi connectivity index (χ1) is 11.2. The van der Waals surface area contributed by atoms with Gasteiger partial charge < -0.3 is 14.5 Å². The van der Waals surface area contributed by atoms with Gasteiger partial charge in [0.2, 0.25) is 0 Å². The van der Waals surface area contributed by atoms with E-state index in [1.54, 1.807) is 29.2 Å². The Bertz CT molecular complexity index is 603. The summed E-state index contributed by atoms with van der Waals surface area (Å²) in [6.07, 6.45) is 5.02. The molecule has 2 amide bonds. The van der Waals surface area contributed by atoms with E-state index in [9.17, 15) is 9.59 Å². The maximum absolute atomic E-state index is 12.6. The van der Waals surface area contributed by atoms with Crippen LogP contribution in [-0.4, -0.2) is 60.5 Å². The normalized spacial score (nSPS) is 20.8. The molecule has 2 aliphatic heterocycles. The van der Waals surface area contributed by atoms with Crippen molar-refractivity contribution < 1.29 is 14.3 Å². The Kier molecular flexibility index (Phi) is 4.76. The van der Waals surface area contributed by atoms with Crippen molar-refractivity contribution in [3.8, 4) is 0 Å². The van der Waals surface area contributed by atoms with E-state index in [2.05, 4.69) is 13.0 Å². The summed E-state index contributed by atoms with van der Waals surface area (Å²) >= 11 is 0. The van der Waals surface area contributed by atoms with Crippen molar-refractivity contribution in [3.05, 3.63) is 47.5 Å². The van der Waals surface area contributed by atoms with Crippen LogP contribution in [0.25, 0.3) is 0 Å². The quantitative estimate of drug-likeness (QED) is 0.801. The summed E-state index contributed by atoms with van der Waals surface area (Å²) in [7, 11) is 0. The Morgan fingerprint density at radius 2 is 1.70 bits per heavy atom. The van der Waals surface area contributed by atoms with Gasteiger partial charge >= 0.3 is 0 Å². The summed E-state index contributed by atoms with van der Waals surface area (Å²) in [6, 6.07) is 7.17. The zero-order chi connectivity index (χ0) is 16.2. The third-order valence-corrected chi connectivity index (χ3v) is 4.42. The Labute approximate surface area is 136 Å². The van der Waals surface area contributed by atoms with E-state index < -0.39 is 0 Å². The molecular formula is C18H22N2O3. The van der Waals surface area contributed by atoms with Crippen molar-refractivity contribution >= 4 is 11.8 Å². The summed E-state index contributed by atoms with van der Waals surface area (Å²) in [6.45, 7) is 5.15. The molecule has 1 aromatic rings. The molecule has 0 spiro atoms. The van der Waals surface area contributed by atoms with Gasteiger partial charge in [-0.25, -0.2) is 0 Å². The zero-order valence-electron chi connectivity index (χ0n) is 13.4. The number of carbonyl (C=O) groups is 2. The molecule has 2 heterocycles. The molecule has 0 aliphatic carbocycles. The van der Waals surface area contributed by atoms with Gasteiger partial charge in [-0.3, -0.25) is 9.59 Å². The molecule has 1 saturated heterocycles. The van der Waals surface area contributed by atoms with Gasteiger partial charge in [0.1, 0.15) is 0 Å². The van der Waals surface area contributed by atoms with Crippen molar-refractivity contribution in [2.75, 3.05) is 32.8 Å². The van der Waals surface area contributed by atoms with Crippen LogP contribution in [0.1, 0.15) is 34.1 Å². The van der Waals surface area contributed by atoms with Crippen LogP contribution < -0.4 is 0 Å². The number of hydrogen-bond donors (Lipinski definition) is 0. The molecule has 122 valence electrons. The van der Waals surface area contributed by atoms with E-state index in [-0.39, 0.29) is 17.9 Å². The summed E-state index contributed by atoms with van der Waals surface area (Å²) in [5.74, 6) is 0.0220. The smallest absolute Gasteiger partial charge is 0.254 e. The number of nitrogens with zero attached hydrogens (tertiary/aromatic N) is 2. The Morgan fingerprint density at radius 3 is 2.30 bits per heavy atom. The molecule has 0 aromatic heterocycles. The van der Waals surface area contributed by atoms with Crippen LogP contribution >= 0.6 is 0 Å².